The molecule has 1 aliphatic heterocycles. The summed E-state index contributed by atoms with van der Waals surface area (Å²) in [5.74, 6) is 0.762. The van der Waals surface area contributed by atoms with Crippen LogP contribution in [0.25, 0.3) is 21.9 Å². The Kier molecular flexibility index (Phi) is 5.26. The molecule has 138 valence electrons. The van der Waals surface area contributed by atoms with Gasteiger partial charge in [-0.3, -0.25) is 9.36 Å². The lowest BCUT2D eigenvalue weighted by Crippen LogP contribution is -2.25. The van der Waals surface area contributed by atoms with Crippen molar-refractivity contribution in [3.05, 3.63) is 34.6 Å². The fourth-order valence-corrected chi connectivity index (χ4v) is 4.06. The van der Waals surface area contributed by atoms with Crippen molar-refractivity contribution in [3.63, 3.8) is 0 Å². The lowest BCUT2D eigenvalue weighted by Gasteiger charge is -2.12. The third kappa shape index (κ3) is 3.37. The number of aromatic nitrogens is 3. The first kappa shape index (κ1) is 17.5. The fraction of sp³-hybridized carbons (Fsp3) is 0.444. The SMILES string of the molecule is COCCn1c(SCCC2OCCO2)nc2c([nH]c3ccccc32)c1=O. The molecule has 2 aromatic heterocycles. The van der Waals surface area contributed by atoms with Crippen molar-refractivity contribution >= 4 is 33.7 Å². The predicted octanol–water partition coefficient (Wildman–Crippen LogP) is 2.38. The van der Waals surface area contributed by atoms with Gasteiger partial charge in [0.25, 0.3) is 5.56 Å². The van der Waals surface area contributed by atoms with Crippen molar-refractivity contribution < 1.29 is 14.2 Å². The molecule has 3 heterocycles. The molecule has 1 aliphatic rings. The summed E-state index contributed by atoms with van der Waals surface area (Å²) in [7, 11) is 1.63. The van der Waals surface area contributed by atoms with E-state index in [0.29, 0.717) is 37.0 Å². The Hall–Kier alpha value is -1.87. The summed E-state index contributed by atoms with van der Waals surface area (Å²) >= 11 is 1.55. The van der Waals surface area contributed by atoms with Crippen molar-refractivity contribution in [2.75, 3.05) is 32.7 Å². The van der Waals surface area contributed by atoms with Gasteiger partial charge in [0.2, 0.25) is 0 Å². The Morgan fingerprint density at radius 2 is 2.15 bits per heavy atom. The van der Waals surface area contributed by atoms with E-state index >= 15 is 0 Å². The molecule has 1 saturated heterocycles. The minimum Gasteiger partial charge on any atom is -0.383 e. The van der Waals surface area contributed by atoms with Gasteiger partial charge in [-0.2, -0.15) is 0 Å². The van der Waals surface area contributed by atoms with Crippen LogP contribution in [0.5, 0.6) is 0 Å². The number of H-pyrrole nitrogens is 1. The minimum absolute atomic E-state index is 0.0703. The number of ether oxygens (including phenoxy) is 3. The highest BCUT2D eigenvalue weighted by Crippen LogP contribution is 2.25. The van der Waals surface area contributed by atoms with E-state index in [4.69, 9.17) is 19.2 Å². The number of hydrogen-bond donors (Lipinski definition) is 1. The molecule has 0 aliphatic carbocycles. The van der Waals surface area contributed by atoms with Gasteiger partial charge in [0, 0.05) is 30.2 Å². The van der Waals surface area contributed by atoms with Gasteiger partial charge in [-0.05, 0) is 6.07 Å². The first-order valence-electron chi connectivity index (χ1n) is 8.64. The van der Waals surface area contributed by atoms with Crippen LogP contribution < -0.4 is 5.56 Å². The van der Waals surface area contributed by atoms with Crippen molar-refractivity contribution in [1.82, 2.24) is 14.5 Å². The maximum absolute atomic E-state index is 13.0. The van der Waals surface area contributed by atoms with Crippen LogP contribution in [0.4, 0.5) is 0 Å². The van der Waals surface area contributed by atoms with E-state index in [1.54, 1.807) is 23.4 Å². The molecule has 8 heteroatoms. The number of benzene rings is 1. The third-order valence-corrected chi connectivity index (χ3v) is 5.38. The molecule has 0 saturated carbocycles. The molecule has 1 N–H and O–H groups in total. The van der Waals surface area contributed by atoms with E-state index in [1.807, 2.05) is 24.3 Å². The van der Waals surface area contributed by atoms with Gasteiger partial charge in [0.05, 0.1) is 26.4 Å². The highest BCUT2D eigenvalue weighted by molar-refractivity contribution is 7.99. The smallest absolute Gasteiger partial charge is 0.278 e. The van der Waals surface area contributed by atoms with Crippen molar-refractivity contribution in [1.29, 1.82) is 0 Å². The Bertz CT molecular complexity index is 962. The number of fused-ring (bicyclic) bond motifs is 3. The summed E-state index contributed by atoms with van der Waals surface area (Å²) in [6.45, 7) is 2.21. The third-order valence-electron chi connectivity index (χ3n) is 4.37. The van der Waals surface area contributed by atoms with E-state index in [2.05, 4.69) is 4.98 Å². The molecular formula is C18H21N3O4S. The average molecular weight is 375 g/mol. The number of aromatic amines is 1. The van der Waals surface area contributed by atoms with Crippen LogP contribution in [0.3, 0.4) is 0 Å². The monoisotopic (exact) mass is 375 g/mol. The highest BCUT2D eigenvalue weighted by atomic mass is 32.2. The number of para-hydroxylation sites is 1. The second kappa shape index (κ2) is 7.79. The van der Waals surface area contributed by atoms with Gasteiger partial charge in [-0.25, -0.2) is 4.98 Å². The van der Waals surface area contributed by atoms with Crippen LogP contribution in [-0.2, 0) is 20.8 Å². The van der Waals surface area contributed by atoms with Crippen molar-refractivity contribution in [3.8, 4) is 0 Å². The van der Waals surface area contributed by atoms with Crippen LogP contribution >= 0.6 is 11.8 Å². The molecule has 0 spiro atoms. The lowest BCUT2D eigenvalue weighted by atomic mass is 10.2. The normalized spacial score (nSPS) is 15.4. The summed E-state index contributed by atoms with van der Waals surface area (Å²) < 4.78 is 17.8. The first-order chi connectivity index (χ1) is 12.8. The van der Waals surface area contributed by atoms with Gasteiger partial charge in [-0.15, -0.1) is 0 Å². The molecule has 1 aromatic carbocycles. The number of hydrogen-bond acceptors (Lipinski definition) is 6. The Morgan fingerprint density at radius 1 is 1.35 bits per heavy atom. The maximum atomic E-state index is 13.0. The summed E-state index contributed by atoms with van der Waals surface area (Å²) in [4.78, 5) is 21.0. The number of nitrogens with one attached hydrogen (secondary N) is 1. The topological polar surface area (TPSA) is 78.4 Å². The minimum atomic E-state index is -0.154. The summed E-state index contributed by atoms with van der Waals surface area (Å²) in [5, 5.41) is 1.66. The van der Waals surface area contributed by atoms with E-state index in [9.17, 15) is 4.79 Å². The molecule has 0 bridgehead atoms. The molecule has 0 radical (unpaired) electrons. The molecule has 0 amide bonds. The van der Waals surface area contributed by atoms with Crippen LogP contribution in [0.15, 0.2) is 34.2 Å². The molecule has 26 heavy (non-hydrogen) atoms. The zero-order valence-electron chi connectivity index (χ0n) is 14.6. The summed E-state index contributed by atoms with van der Waals surface area (Å²) in [6, 6.07) is 7.83. The van der Waals surface area contributed by atoms with Crippen LogP contribution in [-0.4, -0.2) is 53.5 Å². The second-order valence-electron chi connectivity index (χ2n) is 6.05. The van der Waals surface area contributed by atoms with Gasteiger partial charge >= 0.3 is 0 Å². The van der Waals surface area contributed by atoms with E-state index in [0.717, 1.165) is 28.6 Å². The standard InChI is InChI=1S/C18H21N3O4S/c1-23-8-7-21-17(22)16-15(12-4-2-3-5-13(12)19-16)20-18(21)26-11-6-14-24-9-10-25-14/h2-5,14,19H,6-11H2,1H3. The van der Waals surface area contributed by atoms with Crippen molar-refractivity contribution in [2.24, 2.45) is 0 Å². The van der Waals surface area contributed by atoms with Gasteiger partial charge in [0.15, 0.2) is 11.4 Å². The molecule has 4 rings (SSSR count). The average Bonchev–Trinajstić information content (AvgIpc) is 3.29. The summed E-state index contributed by atoms with van der Waals surface area (Å²) in [6.07, 6.45) is 0.606. The molecular weight excluding hydrogens is 354 g/mol. The number of nitrogens with zero attached hydrogens (tertiary/aromatic N) is 2. The zero-order chi connectivity index (χ0) is 17.9. The molecule has 3 aromatic rings. The number of thioether (sulfide) groups is 1. The first-order valence-corrected chi connectivity index (χ1v) is 9.62. The van der Waals surface area contributed by atoms with Gasteiger partial charge in [-0.1, -0.05) is 30.0 Å². The zero-order valence-corrected chi connectivity index (χ0v) is 15.4. The molecule has 1 fully saturated rings. The lowest BCUT2D eigenvalue weighted by molar-refractivity contribution is -0.0421. The van der Waals surface area contributed by atoms with Crippen molar-refractivity contribution in [2.45, 2.75) is 24.4 Å². The van der Waals surface area contributed by atoms with Crippen LogP contribution in [0, 0.1) is 0 Å². The van der Waals surface area contributed by atoms with Crippen LogP contribution in [0.1, 0.15) is 6.42 Å². The molecule has 7 nitrogen and oxygen atoms in total. The Balaban J connectivity index is 1.70. The van der Waals surface area contributed by atoms with Gasteiger partial charge in [0.1, 0.15) is 11.0 Å². The van der Waals surface area contributed by atoms with Gasteiger partial charge < -0.3 is 19.2 Å². The van der Waals surface area contributed by atoms with Crippen LogP contribution in [0.2, 0.25) is 0 Å². The Labute approximate surface area is 154 Å². The molecule has 0 unspecified atom stereocenters. The summed E-state index contributed by atoms with van der Waals surface area (Å²) in [5.41, 5.74) is 2.10. The van der Waals surface area contributed by atoms with E-state index < -0.39 is 0 Å². The molecule has 0 atom stereocenters. The number of methoxy groups -OCH3 is 1. The van der Waals surface area contributed by atoms with E-state index in [1.165, 1.54) is 0 Å². The number of rotatable bonds is 7. The maximum Gasteiger partial charge on any atom is 0.278 e. The second-order valence-corrected chi connectivity index (χ2v) is 7.11. The highest BCUT2D eigenvalue weighted by Gasteiger charge is 2.18. The Morgan fingerprint density at radius 3 is 2.96 bits per heavy atom. The predicted molar refractivity (Wildman–Crippen MR) is 101 cm³/mol. The fourth-order valence-electron chi connectivity index (χ4n) is 3.09. The quantitative estimate of drug-likeness (QED) is 0.505. The largest absolute Gasteiger partial charge is 0.383 e. The van der Waals surface area contributed by atoms with E-state index in [-0.39, 0.29) is 11.8 Å².